The number of aromatic amines is 1. The van der Waals surface area contributed by atoms with Gasteiger partial charge in [0.15, 0.2) is 5.78 Å². The molecule has 0 atom stereocenters. The second-order valence-electron chi connectivity index (χ2n) is 7.19. The second kappa shape index (κ2) is 7.83. The molecule has 1 aliphatic rings. The van der Waals surface area contributed by atoms with E-state index in [0.29, 0.717) is 6.42 Å². The minimum atomic E-state index is 0.191. The van der Waals surface area contributed by atoms with Gasteiger partial charge in [-0.15, -0.1) is 0 Å². The van der Waals surface area contributed by atoms with Crippen LogP contribution in [-0.2, 0) is 13.0 Å². The SMILES string of the molecule is O=C(CCc1ccncc1)c1ccc2c(CN3CCCCC3)c[nH]c2c1. The minimum Gasteiger partial charge on any atom is -0.361 e. The van der Waals surface area contributed by atoms with Crippen LogP contribution in [0.2, 0.25) is 0 Å². The van der Waals surface area contributed by atoms with Gasteiger partial charge >= 0.3 is 0 Å². The van der Waals surface area contributed by atoms with E-state index in [2.05, 4.69) is 27.1 Å². The van der Waals surface area contributed by atoms with E-state index in [1.807, 2.05) is 24.3 Å². The average Bonchev–Trinajstić information content (AvgIpc) is 3.10. The number of ketones is 1. The number of carbonyl (C=O) groups is 1. The number of nitrogens with one attached hydrogen (secondary N) is 1. The van der Waals surface area contributed by atoms with Crippen molar-refractivity contribution in [2.75, 3.05) is 13.1 Å². The Kier molecular flexibility index (Phi) is 5.12. The molecule has 134 valence electrons. The summed E-state index contributed by atoms with van der Waals surface area (Å²) in [5.74, 6) is 0.191. The van der Waals surface area contributed by atoms with E-state index in [1.165, 1.54) is 43.3 Å². The van der Waals surface area contributed by atoms with Crippen LogP contribution in [0, 0.1) is 0 Å². The highest BCUT2D eigenvalue weighted by Gasteiger charge is 2.14. The van der Waals surface area contributed by atoms with Crippen molar-refractivity contribution in [2.24, 2.45) is 0 Å². The predicted molar refractivity (Wildman–Crippen MR) is 104 cm³/mol. The Morgan fingerprint density at radius 3 is 2.69 bits per heavy atom. The molecule has 1 aromatic carbocycles. The number of hydrogen-bond donors (Lipinski definition) is 1. The average molecular weight is 347 g/mol. The zero-order chi connectivity index (χ0) is 17.8. The van der Waals surface area contributed by atoms with Gasteiger partial charge in [-0.3, -0.25) is 14.7 Å². The van der Waals surface area contributed by atoms with Gasteiger partial charge < -0.3 is 4.98 Å². The van der Waals surface area contributed by atoms with Crippen molar-refractivity contribution >= 4 is 16.7 Å². The molecule has 4 rings (SSSR count). The Morgan fingerprint density at radius 2 is 1.88 bits per heavy atom. The van der Waals surface area contributed by atoms with Crippen LogP contribution in [0.25, 0.3) is 10.9 Å². The predicted octanol–water partition coefficient (Wildman–Crippen LogP) is 4.36. The van der Waals surface area contributed by atoms with Crippen molar-refractivity contribution < 1.29 is 4.79 Å². The largest absolute Gasteiger partial charge is 0.361 e. The monoisotopic (exact) mass is 347 g/mol. The number of likely N-dealkylation sites (tertiary alicyclic amines) is 1. The van der Waals surface area contributed by atoms with Crippen LogP contribution < -0.4 is 0 Å². The third kappa shape index (κ3) is 3.86. The zero-order valence-electron chi connectivity index (χ0n) is 15.1. The van der Waals surface area contributed by atoms with Gasteiger partial charge in [-0.2, -0.15) is 0 Å². The molecule has 1 saturated heterocycles. The maximum absolute atomic E-state index is 12.5. The van der Waals surface area contributed by atoms with Crippen LogP contribution in [-0.4, -0.2) is 33.7 Å². The lowest BCUT2D eigenvalue weighted by Gasteiger charge is -2.26. The van der Waals surface area contributed by atoms with Crippen LogP contribution in [0.5, 0.6) is 0 Å². The summed E-state index contributed by atoms with van der Waals surface area (Å²) in [5, 5.41) is 1.24. The Balaban J connectivity index is 1.44. The van der Waals surface area contributed by atoms with Gasteiger partial charge in [0.25, 0.3) is 0 Å². The number of aryl methyl sites for hydroxylation is 1. The van der Waals surface area contributed by atoms with E-state index in [4.69, 9.17) is 0 Å². The number of nitrogens with zero attached hydrogens (tertiary/aromatic N) is 2. The molecule has 0 amide bonds. The molecule has 0 unspecified atom stereocenters. The molecule has 3 aromatic rings. The van der Waals surface area contributed by atoms with E-state index in [9.17, 15) is 4.79 Å². The molecule has 1 N–H and O–H groups in total. The van der Waals surface area contributed by atoms with E-state index in [0.717, 1.165) is 29.6 Å². The molecule has 26 heavy (non-hydrogen) atoms. The minimum absolute atomic E-state index is 0.191. The highest BCUT2D eigenvalue weighted by Crippen LogP contribution is 2.23. The molecule has 4 nitrogen and oxygen atoms in total. The molecule has 1 fully saturated rings. The van der Waals surface area contributed by atoms with Gasteiger partial charge in [0.05, 0.1) is 0 Å². The molecule has 0 bridgehead atoms. The maximum atomic E-state index is 12.5. The van der Waals surface area contributed by atoms with E-state index < -0.39 is 0 Å². The molecule has 3 heterocycles. The fourth-order valence-electron chi connectivity index (χ4n) is 3.80. The first kappa shape index (κ1) is 17.0. The van der Waals surface area contributed by atoms with Gasteiger partial charge in [0.1, 0.15) is 0 Å². The molecule has 0 radical (unpaired) electrons. The number of H-pyrrole nitrogens is 1. The molecular weight excluding hydrogens is 322 g/mol. The third-order valence-electron chi connectivity index (χ3n) is 5.32. The molecule has 0 aliphatic carbocycles. The van der Waals surface area contributed by atoms with Gasteiger partial charge in [0.2, 0.25) is 0 Å². The van der Waals surface area contributed by atoms with Gasteiger partial charge in [0, 0.05) is 48.0 Å². The summed E-state index contributed by atoms with van der Waals surface area (Å²) in [4.78, 5) is 22.5. The second-order valence-corrected chi connectivity index (χ2v) is 7.19. The number of pyridine rings is 1. The number of hydrogen-bond acceptors (Lipinski definition) is 3. The standard InChI is InChI=1S/C22H25N3O/c26-22(7-4-17-8-10-23-11-9-17)18-5-6-20-19(15-24-21(20)14-18)16-25-12-2-1-3-13-25/h5-6,8-11,14-15,24H,1-4,7,12-13,16H2. The van der Waals surface area contributed by atoms with Crippen molar-refractivity contribution in [3.8, 4) is 0 Å². The summed E-state index contributed by atoms with van der Waals surface area (Å²) in [6.45, 7) is 3.38. The third-order valence-corrected chi connectivity index (χ3v) is 5.32. The number of Topliss-reactive ketones (excluding diaryl/α,β-unsaturated/α-hetero) is 1. The Bertz CT molecular complexity index is 879. The summed E-state index contributed by atoms with van der Waals surface area (Å²) in [6.07, 6.45) is 10.9. The number of fused-ring (bicyclic) bond motifs is 1. The summed E-state index contributed by atoms with van der Waals surface area (Å²) in [7, 11) is 0. The van der Waals surface area contributed by atoms with Gasteiger partial charge in [-0.05, 0) is 61.7 Å². The van der Waals surface area contributed by atoms with Gasteiger partial charge in [-0.1, -0.05) is 18.6 Å². The van der Waals surface area contributed by atoms with E-state index in [1.54, 1.807) is 12.4 Å². The number of piperidine rings is 1. The van der Waals surface area contributed by atoms with Crippen molar-refractivity contribution in [1.29, 1.82) is 0 Å². The number of rotatable bonds is 6. The fraction of sp³-hybridized carbons (Fsp3) is 0.364. The van der Waals surface area contributed by atoms with Crippen molar-refractivity contribution in [2.45, 2.75) is 38.6 Å². The lowest BCUT2D eigenvalue weighted by Crippen LogP contribution is -2.28. The Labute approximate surface area is 154 Å². The Morgan fingerprint density at radius 1 is 1.08 bits per heavy atom. The number of benzene rings is 1. The number of aromatic nitrogens is 2. The van der Waals surface area contributed by atoms with Crippen LogP contribution >= 0.6 is 0 Å². The summed E-state index contributed by atoms with van der Waals surface area (Å²) in [5.41, 5.74) is 4.33. The smallest absolute Gasteiger partial charge is 0.163 e. The first-order chi connectivity index (χ1) is 12.8. The molecule has 0 saturated carbocycles. The van der Waals surface area contributed by atoms with Crippen molar-refractivity contribution in [3.05, 3.63) is 65.6 Å². The Hall–Kier alpha value is -2.46. The number of carbonyl (C=O) groups excluding carboxylic acids is 1. The van der Waals surface area contributed by atoms with Crippen LogP contribution in [0.1, 0.15) is 47.2 Å². The first-order valence-electron chi connectivity index (χ1n) is 9.54. The van der Waals surface area contributed by atoms with Crippen LogP contribution in [0.3, 0.4) is 0 Å². The highest BCUT2D eigenvalue weighted by atomic mass is 16.1. The summed E-state index contributed by atoms with van der Waals surface area (Å²) < 4.78 is 0. The maximum Gasteiger partial charge on any atom is 0.163 e. The quantitative estimate of drug-likeness (QED) is 0.674. The topological polar surface area (TPSA) is 49.0 Å². The lowest BCUT2D eigenvalue weighted by molar-refractivity contribution is 0.0983. The van der Waals surface area contributed by atoms with Crippen LogP contribution in [0.4, 0.5) is 0 Å². The van der Waals surface area contributed by atoms with E-state index in [-0.39, 0.29) is 5.78 Å². The lowest BCUT2D eigenvalue weighted by atomic mass is 10.0. The summed E-state index contributed by atoms with van der Waals surface area (Å²) >= 11 is 0. The van der Waals surface area contributed by atoms with Crippen molar-refractivity contribution in [3.63, 3.8) is 0 Å². The fourth-order valence-corrected chi connectivity index (χ4v) is 3.80. The molecule has 4 heteroatoms. The van der Waals surface area contributed by atoms with Crippen molar-refractivity contribution in [1.82, 2.24) is 14.9 Å². The molecular formula is C22H25N3O. The summed E-state index contributed by atoms with van der Waals surface area (Å²) in [6, 6.07) is 10.0. The van der Waals surface area contributed by atoms with Gasteiger partial charge in [-0.25, -0.2) is 0 Å². The normalized spacial score (nSPS) is 15.4. The van der Waals surface area contributed by atoms with E-state index >= 15 is 0 Å². The molecule has 1 aliphatic heterocycles. The van der Waals surface area contributed by atoms with Crippen LogP contribution in [0.15, 0.2) is 48.9 Å². The first-order valence-corrected chi connectivity index (χ1v) is 9.54. The molecule has 2 aromatic heterocycles. The zero-order valence-corrected chi connectivity index (χ0v) is 15.1. The highest BCUT2D eigenvalue weighted by molar-refractivity contribution is 5.99. The molecule has 0 spiro atoms.